The lowest BCUT2D eigenvalue weighted by Crippen LogP contribution is -2.16. The number of hydrogen-bond donors (Lipinski definition) is 2. The van der Waals surface area contributed by atoms with Gasteiger partial charge in [0.05, 0.1) is 7.11 Å². The largest absolute Gasteiger partial charge is 0.493 e. The number of carbonyl (C=O) groups is 2. The zero-order valence-corrected chi connectivity index (χ0v) is 18.8. The van der Waals surface area contributed by atoms with Crippen LogP contribution >= 0.6 is 0 Å². The minimum absolute atomic E-state index is 0.136. The Hall–Kier alpha value is -4.52. The Morgan fingerprint density at radius 1 is 0.794 bits per heavy atom. The molecular weight excluding hydrogens is 432 g/mol. The van der Waals surface area contributed by atoms with Crippen molar-refractivity contribution in [2.24, 2.45) is 0 Å². The highest BCUT2D eigenvalue weighted by atomic mass is 16.5. The summed E-state index contributed by atoms with van der Waals surface area (Å²) in [6, 6.07) is 24.9. The number of methoxy groups -OCH3 is 1. The molecule has 34 heavy (non-hydrogen) atoms. The molecule has 0 aliphatic carbocycles. The molecule has 0 saturated carbocycles. The van der Waals surface area contributed by atoms with Crippen LogP contribution in [0, 0.1) is 6.92 Å². The van der Waals surface area contributed by atoms with E-state index in [-0.39, 0.29) is 18.3 Å². The summed E-state index contributed by atoms with van der Waals surface area (Å²) in [5.74, 6) is 1.13. The van der Waals surface area contributed by atoms with Crippen LogP contribution in [0.5, 0.6) is 11.5 Å². The van der Waals surface area contributed by atoms with E-state index in [4.69, 9.17) is 13.9 Å². The van der Waals surface area contributed by atoms with Crippen molar-refractivity contribution in [2.75, 3.05) is 17.7 Å². The minimum Gasteiger partial charge on any atom is -0.493 e. The lowest BCUT2D eigenvalue weighted by Gasteiger charge is -2.12. The number of para-hydroxylation sites is 3. The molecule has 0 radical (unpaired) electrons. The molecule has 0 fully saturated rings. The number of furan rings is 1. The van der Waals surface area contributed by atoms with Gasteiger partial charge in [-0.05, 0) is 61.0 Å². The number of anilines is 2. The van der Waals surface area contributed by atoms with Gasteiger partial charge in [-0.15, -0.1) is 0 Å². The van der Waals surface area contributed by atoms with E-state index in [0.717, 1.165) is 0 Å². The number of benzene rings is 3. The Kier molecular flexibility index (Phi) is 6.93. The van der Waals surface area contributed by atoms with Crippen molar-refractivity contribution in [3.05, 3.63) is 108 Å². The molecular formula is C27H24N2O5. The third-order valence-electron chi connectivity index (χ3n) is 5.18. The smallest absolute Gasteiger partial charge is 0.291 e. The first kappa shape index (κ1) is 22.7. The van der Waals surface area contributed by atoms with Gasteiger partial charge in [0, 0.05) is 16.9 Å². The van der Waals surface area contributed by atoms with E-state index in [9.17, 15) is 9.59 Å². The molecule has 2 N–H and O–H groups in total. The summed E-state index contributed by atoms with van der Waals surface area (Å²) in [5.41, 5.74) is 2.33. The quantitative estimate of drug-likeness (QED) is 0.356. The highest BCUT2D eigenvalue weighted by Gasteiger charge is 2.17. The summed E-state index contributed by atoms with van der Waals surface area (Å²) in [5, 5.41) is 5.67. The Labute approximate surface area is 197 Å². The van der Waals surface area contributed by atoms with Crippen molar-refractivity contribution in [1.82, 2.24) is 0 Å². The van der Waals surface area contributed by atoms with Crippen molar-refractivity contribution < 1.29 is 23.5 Å². The van der Waals surface area contributed by atoms with Crippen LogP contribution in [-0.4, -0.2) is 18.9 Å². The maximum atomic E-state index is 12.8. The van der Waals surface area contributed by atoms with Crippen LogP contribution in [0.25, 0.3) is 0 Å². The summed E-state index contributed by atoms with van der Waals surface area (Å²) in [6.45, 7) is 1.92. The van der Waals surface area contributed by atoms with Gasteiger partial charge in [0.1, 0.15) is 12.4 Å². The molecule has 7 heteroatoms. The third kappa shape index (κ3) is 5.27. The van der Waals surface area contributed by atoms with Gasteiger partial charge in [0.25, 0.3) is 11.8 Å². The normalized spacial score (nSPS) is 10.4. The van der Waals surface area contributed by atoms with Crippen molar-refractivity contribution >= 4 is 23.2 Å². The average molecular weight is 456 g/mol. The molecule has 172 valence electrons. The van der Waals surface area contributed by atoms with Gasteiger partial charge in [0.2, 0.25) is 0 Å². The molecule has 0 bridgehead atoms. The summed E-state index contributed by atoms with van der Waals surface area (Å²) >= 11 is 0. The van der Waals surface area contributed by atoms with E-state index in [1.807, 2.05) is 42.5 Å². The van der Waals surface area contributed by atoms with Crippen LogP contribution in [0.2, 0.25) is 0 Å². The van der Waals surface area contributed by atoms with Crippen molar-refractivity contribution in [3.63, 3.8) is 0 Å². The molecule has 0 unspecified atom stereocenters. The Morgan fingerprint density at radius 2 is 1.53 bits per heavy atom. The molecule has 0 atom stereocenters. The molecule has 3 aromatic carbocycles. The summed E-state index contributed by atoms with van der Waals surface area (Å²) < 4.78 is 16.7. The Morgan fingerprint density at radius 3 is 2.29 bits per heavy atom. The lowest BCUT2D eigenvalue weighted by molar-refractivity contribution is 0.0989. The average Bonchev–Trinajstić information content (AvgIpc) is 3.34. The Bertz CT molecular complexity index is 1300. The van der Waals surface area contributed by atoms with Crippen molar-refractivity contribution in [3.8, 4) is 11.5 Å². The van der Waals surface area contributed by atoms with Gasteiger partial charge in [0.15, 0.2) is 17.3 Å². The predicted molar refractivity (Wildman–Crippen MR) is 130 cm³/mol. The van der Waals surface area contributed by atoms with E-state index >= 15 is 0 Å². The second kappa shape index (κ2) is 10.4. The van der Waals surface area contributed by atoms with Crippen LogP contribution in [0.1, 0.15) is 32.2 Å². The number of rotatable bonds is 8. The summed E-state index contributed by atoms with van der Waals surface area (Å²) in [4.78, 5) is 25.5. The first-order valence-corrected chi connectivity index (χ1v) is 10.7. The third-order valence-corrected chi connectivity index (χ3v) is 5.18. The molecule has 7 nitrogen and oxygen atoms in total. The second-order valence-corrected chi connectivity index (χ2v) is 7.46. The predicted octanol–water partition coefficient (Wildman–Crippen LogP) is 5.68. The topological polar surface area (TPSA) is 89.8 Å². The van der Waals surface area contributed by atoms with E-state index in [0.29, 0.717) is 39.8 Å². The number of carbonyl (C=O) groups excluding carboxylic acids is 2. The molecule has 0 spiro atoms. The molecule has 0 aliphatic heterocycles. The van der Waals surface area contributed by atoms with Gasteiger partial charge in [-0.1, -0.05) is 36.4 Å². The van der Waals surface area contributed by atoms with Crippen LogP contribution < -0.4 is 20.1 Å². The van der Waals surface area contributed by atoms with Gasteiger partial charge in [-0.3, -0.25) is 9.59 Å². The standard InChI is InChI=1S/C27H24N2O5/c1-18-21(26(30)28-19-9-4-3-5-10-19)11-8-12-22(18)29-27(31)25-16-15-20(34-25)17-33-24-14-7-6-13-23(24)32-2/h3-16H,17H2,1-2H3,(H,28,30)(H,29,31). The molecule has 4 rings (SSSR count). The van der Waals surface area contributed by atoms with Gasteiger partial charge < -0.3 is 24.5 Å². The molecule has 0 saturated heterocycles. The first-order chi connectivity index (χ1) is 16.5. The van der Waals surface area contributed by atoms with Gasteiger partial charge in [-0.2, -0.15) is 0 Å². The van der Waals surface area contributed by atoms with Crippen LogP contribution in [0.4, 0.5) is 11.4 Å². The minimum atomic E-state index is -0.424. The monoisotopic (exact) mass is 456 g/mol. The maximum Gasteiger partial charge on any atom is 0.291 e. The fourth-order valence-corrected chi connectivity index (χ4v) is 3.39. The Balaban J connectivity index is 1.41. The van der Waals surface area contributed by atoms with Gasteiger partial charge >= 0.3 is 0 Å². The SMILES string of the molecule is COc1ccccc1OCc1ccc(C(=O)Nc2cccc(C(=O)Nc3ccccc3)c2C)o1. The first-order valence-electron chi connectivity index (χ1n) is 10.7. The zero-order valence-electron chi connectivity index (χ0n) is 18.8. The molecule has 2 amide bonds. The molecule has 1 aromatic heterocycles. The lowest BCUT2D eigenvalue weighted by atomic mass is 10.1. The molecule has 0 aliphatic rings. The number of amides is 2. The highest BCUT2D eigenvalue weighted by molar-refractivity contribution is 6.08. The van der Waals surface area contributed by atoms with Crippen molar-refractivity contribution in [1.29, 1.82) is 0 Å². The van der Waals surface area contributed by atoms with E-state index in [2.05, 4.69) is 10.6 Å². The van der Waals surface area contributed by atoms with Crippen LogP contribution in [0.3, 0.4) is 0 Å². The number of ether oxygens (including phenoxy) is 2. The van der Waals surface area contributed by atoms with Crippen molar-refractivity contribution in [2.45, 2.75) is 13.5 Å². The fourth-order valence-electron chi connectivity index (χ4n) is 3.39. The maximum absolute atomic E-state index is 12.8. The van der Waals surface area contributed by atoms with Gasteiger partial charge in [-0.25, -0.2) is 0 Å². The highest BCUT2D eigenvalue weighted by Crippen LogP contribution is 2.27. The zero-order chi connectivity index (χ0) is 23.9. The van der Waals surface area contributed by atoms with Crippen LogP contribution in [-0.2, 0) is 6.61 Å². The van der Waals surface area contributed by atoms with E-state index in [1.165, 1.54) is 0 Å². The second-order valence-electron chi connectivity index (χ2n) is 7.46. The van der Waals surface area contributed by atoms with Crippen LogP contribution in [0.15, 0.2) is 89.3 Å². The summed E-state index contributed by atoms with van der Waals surface area (Å²) in [6.07, 6.45) is 0. The van der Waals surface area contributed by atoms with E-state index < -0.39 is 5.91 Å². The number of hydrogen-bond acceptors (Lipinski definition) is 5. The van der Waals surface area contributed by atoms with E-state index in [1.54, 1.807) is 56.5 Å². The fraction of sp³-hybridized carbons (Fsp3) is 0.111. The summed E-state index contributed by atoms with van der Waals surface area (Å²) in [7, 11) is 1.57. The molecule has 4 aromatic rings. The molecule has 1 heterocycles. The number of nitrogens with one attached hydrogen (secondary N) is 2.